The van der Waals surface area contributed by atoms with Crippen molar-refractivity contribution in [2.45, 2.75) is 50.5 Å². The highest BCUT2D eigenvalue weighted by atomic mass is 32.2. The summed E-state index contributed by atoms with van der Waals surface area (Å²) in [7, 11) is -1.90. The lowest BCUT2D eigenvalue weighted by Crippen LogP contribution is -2.48. The molecule has 0 saturated carbocycles. The number of amides is 1. The smallest absolute Gasteiger partial charge is 0.253 e. The SMILES string of the molecule is CCC1CCCCN1S(=O)(=O)c1ccc(C(=O)N2CCN(c3nc4c(OC)ccc(C)c4s3)CC2)cc1. The lowest BCUT2D eigenvalue weighted by atomic mass is 10.0. The number of aryl methyl sites for hydroxylation is 1. The Morgan fingerprint density at radius 3 is 2.46 bits per heavy atom. The van der Waals surface area contributed by atoms with Crippen LogP contribution in [0.5, 0.6) is 5.75 Å². The minimum atomic E-state index is -3.56. The summed E-state index contributed by atoms with van der Waals surface area (Å²) in [6.07, 6.45) is 3.68. The summed E-state index contributed by atoms with van der Waals surface area (Å²) in [5, 5.41) is 0.937. The van der Waals surface area contributed by atoms with E-state index in [0.717, 1.165) is 46.8 Å². The quantitative estimate of drug-likeness (QED) is 0.455. The van der Waals surface area contributed by atoms with Crippen LogP contribution in [0.25, 0.3) is 10.2 Å². The van der Waals surface area contributed by atoms with E-state index in [4.69, 9.17) is 9.72 Å². The third-order valence-electron chi connectivity index (χ3n) is 7.50. The Hall–Kier alpha value is -2.69. The van der Waals surface area contributed by atoms with Gasteiger partial charge in [-0.05, 0) is 62.1 Å². The van der Waals surface area contributed by atoms with Crippen molar-refractivity contribution in [1.29, 1.82) is 0 Å². The average molecular weight is 543 g/mol. The van der Waals surface area contributed by atoms with Crippen molar-refractivity contribution in [2.24, 2.45) is 0 Å². The largest absolute Gasteiger partial charge is 0.494 e. The summed E-state index contributed by atoms with van der Waals surface area (Å²) in [4.78, 5) is 22.3. The molecule has 5 rings (SSSR count). The van der Waals surface area contributed by atoms with E-state index in [1.807, 2.05) is 24.0 Å². The van der Waals surface area contributed by atoms with Crippen LogP contribution in [0.3, 0.4) is 0 Å². The van der Waals surface area contributed by atoms with Gasteiger partial charge in [-0.15, -0.1) is 0 Å². The summed E-state index contributed by atoms with van der Waals surface area (Å²) >= 11 is 1.65. The number of piperidine rings is 1. The van der Waals surface area contributed by atoms with Crippen LogP contribution in [0.2, 0.25) is 0 Å². The van der Waals surface area contributed by atoms with Crippen molar-refractivity contribution in [1.82, 2.24) is 14.2 Å². The second kappa shape index (κ2) is 10.6. The van der Waals surface area contributed by atoms with Gasteiger partial charge >= 0.3 is 0 Å². The van der Waals surface area contributed by atoms with Crippen LogP contribution in [0.1, 0.15) is 48.5 Å². The zero-order valence-electron chi connectivity index (χ0n) is 21.6. The number of methoxy groups -OCH3 is 1. The number of ether oxygens (including phenoxy) is 1. The number of fused-ring (bicyclic) bond motifs is 1. The molecular weight excluding hydrogens is 508 g/mol. The summed E-state index contributed by atoms with van der Waals surface area (Å²) < 4.78 is 34.8. The van der Waals surface area contributed by atoms with Crippen LogP contribution in [0, 0.1) is 6.92 Å². The Kier molecular flexibility index (Phi) is 7.42. The number of benzene rings is 2. The molecule has 1 amide bonds. The number of rotatable bonds is 6. The van der Waals surface area contributed by atoms with Crippen LogP contribution < -0.4 is 9.64 Å². The number of hydrogen-bond donors (Lipinski definition) is 0. The first-order valence-electron chi connectivity index (χ1n) is 12.9. The zero-order valence-corrected chi connectivity index (χ0v) is 23.3. The van der Waals surface area contributed by atoms with E-state index >= 15 is 0 Å². The van der Waals surface area contributed by atoms with E-state index in [9.17, 15) is 13.2 Å². The summed E-state index contributed by atoms with van der Waals surface area (Å²) in [5.41, 5.74) is 2.56. The Morgan fingerprint density at radius 2 is 1.78 bits per heavy atom. The van der Waals surface area contributed by atoms with E-state index in [1.54, 1.807) is 47.0 Å². The highest BCUT2D eigenvalue weighted by Gasteiger charge is 2.33. The van der Waals surface area contributed by atoms with Gasteiger partial charge in [0.05, 0.1) is 16.7 Å². The summed E-state index contributed by atoms with van der Waals surface area (Å²) in [6, 6.07) is 10.5. The molecule has 1 unspecified atom stereocenters. The topological polar surface area (TPSA) is 83.1 Å². The van der Waals surface area contributed by atoms with Crippen molar-refractivity contribution in [2.75, 3.05) is 44.7 Å². The van der Waals surface area contributed by atoms with Gasteiger partial charge in [0.15, 0.2) is 5.13 Å². The van der Waals surface area contributed by atoms with Crippen molar-refractivity contribution >= 4 is 42.6 Å². The molecule has 0 N–H and O–H groups in total. The molecule has 2 aliphatic rings. The summed E-state index contributed by atoms with van der Waals surface area (Å²) in [6.45, 7) is 7.21. The standard InChI is InChI=1S/C27H34N4O4S2/c1-4-21-7-5-6-14-31(21)37(33,34)22-11-9-20(10-12-22)26(32)29-15-17-30(18-16-29)27-28-24-23(35-3)13-8-19(2)25(24)36-27/h8-13,21H,4-7,14-18H2,1-3H3. The first-order chi connectivity index (χ1) is 17.8. The predicted octanol–water partition coefficient (Wildman–Crippen LogP) is 4.53. The molecule has 10 heteroatoms. The Labute approximate surface area is 222 Å². The molecule has 0 bridgehead atoms. The van der Waals surface area contributed by atoms with Crippen LogP contribution >= 0.6 is 11.3 Å². The van der Waals surface area contributed by atoms with Gasteiger partial charge in [-0.3, -0.25) is 4.79 Å². The molecule has 3 aromatic rings. The number of nitrogens with zero attached hydrogens (tertiary/aromatic N) is 4. The maximum absolute atomic E-state index is 13.2. The number of thiazole rings is 1. The number of carbonyl (C=O) groups excluding carboxylic acids is 1. The molecule has 3 heterocycles. The molecule has 1 aromatic heterocycles. The third-order valence-corrected chi connectivity index (χ3v) is 10.7. The van der Waals surface area contributed by atoms with Crippen molar-refractivity contribution < 1.29 is 17.9 Å². The van der Waals surface area contributed by atoms with E-state index < -0.39 is 10.0 Å². The molecule has 0 radical (unpaired) electrons. The minimum Gasteiger partial charge on any atom is -0.494 e. The second-order valence-corrected chi connectivity index (χ2v) is 12.6. The minimum absolute atomic E-state index is 0.0526. The molecule has 1 atom stereocenters. The Bertz CT molecular complexity index is 1380. The lowest BCUT2D eigenvalue weighted by Gasteiger charge is -2.35. The van der Waals surface area contributed by atoms with Crippen LogP contribution in [0.4, 0.5) is 5.13 Å². The molecular formula is C27H34N4O4S2. The predicted molar refractivity (Wildman–Crippen MR) is 147 cm³/mol. The van der Waals surface area contributed by atoms with Crippen LogP contribution in [-0.2, 0) is 10.0 Å². The third kappa shape index (κ3) is 4.94. The van der Waals surface area contributed by atoms with Crippen LogP contribution in [-0.4, -0.2) is 74.4 Å². The molecule has 37 heavy (non-hydrogen) atoms. The number of hydrogen-bond acceptors (Lipinski definition) is 7. The number of piperazine rings is 1. The van der Waals surface area contributed by atoms with Crippen LogP contribution in [0.15, 0.2) is 41.3 Å². The fourth-order valence-electron chi connectivity index (χ4n) is 5.29. The average Bonchev–Trinajstić information content (AvgIpc) is 3.39. The van der Waals surface area contributed by atoms with Crippen molar-refractivity contribution in [3.8, 4) is 5.75 Å². The number of aromatic nitrogens is 1. The molecule has 198 valence electrons. The van der Waals surface area contributed by atoms with Gasteiger partial charge in [0.25, 0.3) is 5.91 Å². The first-order valence-corrected chi connectivity index (χ1v) is 15.2. The van der Waals surface area contributed by atoms with Gasteiger partial charge in [-0.1, -0.05) is 30.7 Å². The molecule has 0 aliphatic carbocycles. The van der Waals surface area contributed by atoms with E-state index in [-0.39, 0.29) is 16.8 Å². The first kappa shape index (κ1) is 25.9. The van der Waals surface area contributed by atoms with Gasteiger partial charge in [-0.2, -0.15) is 4.31 Å². The highest BCUT2D eigenvalue weighted by molar-refractivity contribution is 7.89. The van der Waals surface area contributed by atoms with Gasteiger partial charge in [0.2, 0.25) is 10.0 Å². The molecule has 2 fully saturated rings. The molecule has 2 aromatic carbocycles. The van der Waals surface area contributed by atoms with Gasteiger partial charge in [-0.25, -0.2) is 13.4 Å². The molecule has 2 aliphatic heterocycles. The summed E-state index contributed by atoms with van der Waals surface area (Å²) in [5.74, 6) is 0.697. The second-order valence-electron chi connectivity index (χ2n) is 9.74. The maximum Gasteiger partial charge on any atom is 0.253 e. The molecule has 0 spiro atoms. The van der Waals surface area contributed by atoms with Crippen molar-refractivity contribution in [3.63, 3.8) is 0 Å². The maximum atomic E-state index is 13.2. The number of carbonyl (C=O) groups is 1. The van der Waals surface area contributed by atoms with E-state index in [0.29, 0.717) is 38.3 Å². The zero-order chi connectivity index (χ0) is 26.2. The highest BCUT2D eigenvalue weighted by Crippen LogP contribution is 2.36. The number of anilines is 1. The molecule has 2 saturated heterocycles. The van der Waals surface area contributed by atoms with Gasteiger partial charge in [0.1, 0.15) is 11.3 Å². The number of sulfonamides is 1. The van der Waals surface area contributed by atoms with Crippen molar-refractivity contribution in [3.05, 3.63) is 47.5 Å². The van der Waals surface area contributed by atoms with E-state index in [1.165, 1.54) is 5.56 Å². The fourth-order valence-corrected chi connectivity index (χ4v) is 8.16. The monoisotopic (exact) mass is 542 g/mol. The van der Waals surface area contributed by atoms with E-state index in [2.05, 4.69) is 11.8 Å². The van der Waals surface area contributed by atoms with Gasteiger partial charge in [0, 0.05) is 44.3 Å². The lowest BCUT2D eigenvalue weighted by molar-refractivity contribution is 0.0746. The normalized spacial score (nSPS) is 19.4. The Morgan fingerprint density at radius 1 is 1.05 bits per heavy atom. The van der Waals surface area contributed by atoms with Gasteiger partial charge < -0.3 is 14.5 Å². The fraction of sp³-hybridized carbons (Fsp3) is 0.481. The molecule has 8 nitrogen and oxygen atoms in total. The Balaban J connectivity index is 1.25.